The molecule has 1 aliphatic carbocycles. The van der Waals surface area contributed by atoms with E-state index in [1.54, 1.807) is 19.1 Å². The number of hydrogen-bond acceptors (Lipinski definition) is 4. The van der Waals surface area contributed by atoms with Crippen molar-refractivity contribution in [3.63, 3.8) is 0 Å². The van der Waals surface area contributed by atoms with E-state index < -0.39 is 5.41 Å². The molecule has 2 fully saturated rings. The summed E-state index contributed by atoms with van der Waals surface area (Å²) in [5.41, 5.74) is -0.791. The maximum atomic E-state index is 12.4. The number of rotatable bonds is 3. The van der Waals surface area contributed by atoms with Crippen LogP contribution in [-0.4, -0.2) is 50.3 Å². The molecule has 1 saturated carbocycles. The molecule has 5 heteroatoms. The van der Waals surface area contributed by atoms with Crippen LogP contribution in [0.3, 0.4) is 0 Å². The molecule has 5 nitrogen and oxygen atoms in total. The predicted octanol–water partition coefficient (Wildman–Crippen LogP) is 0.798. The summed E-state index contributed by atoms with van der Waals surface area (Å²) < 4.78 is 10.6. The minimum Gasteiger partial charge on any atom is -0.377 e. The summed E-state index contributed by atoms with van der Waals surface area (Å²) in [5, 5.41) is 9.27. The molecule has 1 heterocycles. The molecule has 100 valence electrons. The largest absolute Gasteiger partial charge is 0.377 e. The van der Waals surface area contributed by atoms with Gasteiger partial charge in [-0.15, -0.1) is 0 Å². The molecule has 1 saturated heterocycles. The Labute approximate surface area is 108 Å². The molecule has 2 rings (SSSR count). The lowest BCUT2D eigenvalue weighted by Gasteiger charge is -2.41. The third-order valence-corrected chi connectivity index (χ3v) is 4.13. The van der Waals surface area contributed by atoms with Crippen LogP contribution in [0.25, 0.3) is 0 Å². The van der Waals surface area contributed by atoms with Gasteiger partial charge < -0.3 is 14.4 Å². The van der Waals surface area contributed by atoms with Crippen LogP contribution in [0.4, 0.5) is 0 Å². The van der Waals surface area contributed by atoms with E-state index in [1.807, 2.05) is 0 Å². The first-order chi connectivity index (χ1) is 8.56. The molecule has 2 unspecified atom stereocenters. The third kappa shape index (κ3) is 2.00. The number of carbonyl (C=O) groups is 1. The number of ether oxygens (including phenoxy) is 2. The molecule has 0 radical (unpaired) electrons. The van der Waals surface area contributed by atoms with Crippen molar-refractivity contribution >= 4 is 5.91 Å². The van der Waals surface area contributed by atoms with E-state index in [0.717, 1.165) is 0 Å². The van der Waals surface area contributed by atoms with Crippen LogP contribution in [0, 0.1) is 22.7 Å². The number of likely N-dealkylation sites (tertiary alicyclic amines) is 1. The Balaban J connectivity index is 2.05. The Hall–Kier alpha value is -1.12. The van der Waals surface area contributed by atoms with Gasteiger partial charge in [-0.05, 0) is 18.8 Å². The zero-order chi connectivity index (χ0) is 13.3. The Kier molecular flexibility index (Phi) is 3.60. The summed E-state index contributed by atoms with van der Waals surface area (Å²) in [6, 6.07) is 2.21. The van der Waals surface area contributed by atoms with Crippen LogP contribution in [0.15, 0.2) is 0 Å². The van der Waals surface area contributed by atoms with E-state index in [9.17, 15) is 10.1 Å². The maximum Gasteiger partial charge on any atom is 0.243 e. The number of methoxy groups -OCH3 is 2. The molecule has 1 amide bonds. The van der Waals surface area contributed by atoms with E-state index in [-0.39, 0.29) is 18.1 Å². The molecular weight excluding hydrogens is 232 g/mol. The fraction of sp³-hybridized carbons (Fsp3) is 0.846. The Morgan fingerprint density at radius 1 is 1.28 bits per heavy atom. The van der Waals surface area contributed by atoms with Gasteiger partial charge in [0.15, 0.2) is 0 Å². The van der Waals surface area contributed by atoms with Crippen molar-refractivity contribution in [2.45, 2.75) is 32.0 Å². The summed E-state index contributed by atoms with van der Waals surface area (Å²) in [6.07, 6.45) is 1.17. The van der Waals surface area contributed by atoms with Crippen LogP contribution in [0.2, 0.25) is 0 Å². The number of nitrogens with zero attached hydrogens (tertiary/aromatic N) is 2. The summed E-state index contributed by atoms with van der Waals surface area (Å²) in [7, 11) is 3.24. The van der Waals surface area contributed by atoms with Crippen molar-refractivity contribution < 1.29 is 14.3 Å². The van der Waals surface area contributed by atoms with E-state index in [0.29, 0.717) is 31.8 Å². The summed E-state index contributed by atoms with van der Waals surface area (Å²) in [6.45, 7) is 3.11. The van der Waals surface area contributed by atoms with Crippen LogP contribution >= 0.6 is 0 Å². The van der Waals surface area contributed by atoms with Crippen molar-refractivity contribution in [1.82, 2.24) is 4.90 Å². The molecule has 1 aliphatic heterocycles. The van der Waals surface area contributed by atoms with Crippen LogP contribution in [0.5, 0.6) is 0 Å². The number of hydrogen-bond donors (Lipinski definition) is 0. The minimum atomic E-state index is -0.791. The normalized spacial score (nSPS) is 39.2. The molecule has 0 spiro atoms. The lowest BCUT2D eigenvalue weighted by Crippen LogP contribution is -2.49. The van der Waals surface area contributed by atoms with Gasteiger partial charge in [0.2, 0.25) is 5.91 Å². The average molecular weight is 252 g/mol. The quantitative estimate of drug-likeness (QED) is 0.745. The highest BCUT2D eigenvalue weighted by Gasteiger charge is 2.52. The van der Waals surface area contributed by atoms with E-state index in [4.69, 9.17) is 9.47 Å². The van der Waals surface area contributed by atoms with Crippen molar-refractivity contribution in [3.05, 3.63) is 0 Å². The second-order valence-corrected chi connectivity index (χ2v) is 5.47. The smallest absolute Gasteiger partial charge is 0.243 e. The highest BCUT2D eigenvalue weighted by atomic mass is 16.5. The Morgan fingerprint density at radius 3 is 2.11 bits per heavy atom. The van der Waals surface area contributed by atoms with Crippen LogP contribution in [-0.2, 0) is 14.3 Å². The van der Waals surface area contributed by atoms with Gasteiger partial charge in [0.1, 0.15) is 17.6 Å². The number of carbonyl (C=O) groups excluding carboxylic acids is 1. The fourth-order valence-electron chi connectivity index (χ4n) is 3.11. The van der Waals surface area contributed by atoms with Gasteiger partial charge in [-0.3, -0.25) is 4.79 Å². The van der Waals surface area contributed by atoms with Gasteiger partial charge >= 0.3 is 0 Å². The SMILES string of the molecule is COC1CN(C(=O)C2(C#N)CC(C)C2)CC1OC. The topological polar surface area (TPSA) is 62.6 Å². The molecule has 0 bridgehead atoms. The molecule has 0 aromatic heterocycles. The van der Waals surface area contributed by atoms with E-state index in [2.05, 4.69) is 13.0 Å². The standard InChI is InChI=1S/C13H20N2O3/c1-9-4-13(5-9,8-14)12(16)15-6-10(17-2)11(7-15)18-3/h9-11H,4-7H2,1-3H3. The van der Waals surface area contributed by atoms with Gasteiger partial charge in [-0.25, -0.2) is 0 Å². The van der Waals surface area contributed by atoms with Crippen molar-refractivity contribution in [2.75, 3.05) is 27.3 Å². The third-order valence-electron chi connectivity index (χ3n) is 4.13. The number of amides is 1. The first-order valence-corrected chi connectivity index (χ1v) is 6.32. The molecule has 0 N–H and O–H groups in total. The summed E-state index contributed by atoms with van der Waals surface area (Å²) in [5.74, 6) is 0.414. The minimum absolute atomic E-state index is 0.0512. The second-order valence-electron chi connectivity index (χ2n) is 5.47. The molecule has 2 aliphatic rings. The molecular formula is C13H20N2O3. The number of nitriles is 1. The van der Waals surface area contributed by atoms with Crippen molar-refractivity contribution in [3.8, 4) is 6.07 Å². The first kappa shape index (κ1) is 13.3. The van der Waals surface area contributed by atoms with Crippen LogP contribution in [0.1, 0.15) is 19.8 Å². The first-order valence-electron chi connectivity index (χ1n) is 6.32. The lowest BCUT2D eigenvalue weighted by atomic mass is 9.63. The highest BCUT2D eigenvalue weighted by molar-refractivity contribution is 5.87. The summed E-state index contributed by atoms with van der Waals surface area (Å²) in [4.78, 5) is 14.2. The average Bonchev–Trinajstić information content (AvgIpc) is 2.76. The second kappa shape index (κ2) is 4.87. The van der Waals surface area contributed by atoms with Gasteiger partial charge in [-0.1, -0.05) is 6.92 Å². The predicted molar refractivity (Wildman–Crippen MR) is 64.6 cm³/mol. The van der Waals surface area contributed by atoms with Crippen LogP contribution < -0.4 is 0 Å². The zero-order valence-electron chi connectivity index (χ0n) is 11.2. The lowest BCUT2D eigenvalue weighted by molar-refractivity contribution is -0.144. The van der Waals surface area contributed by atoms with Gasteiger partial charge in [0.25, 0.3) is 0 Å². The van der Waals surface area contributed by atoms with Gasteiger partial charge in [0, 0.05) is 27.3 Å². The monoisotopic (exact) mass is 252 g/mol. The Bertz CT molecular complexity index is 359. The van der Waals surface area contributed by atoms with Crippen molar-refractivity contribution in [2.24, 2.45) is 11.3 Å². The molecule has 0 aromatic rings. The molecule has 2 atom stereocenters. The maximum absolute atomic E-state index is 12.4. The molecule has 0 aromatic carbocycles. The Morgan fingerprint density at radius 2 is 1.78 bits per heavy atom. The fourth-order valence-corrected chi connectivity index (χ4v) is 3.11. The highest BCUT2D eigenvalue weighted by Crippen LogP contribution is 2.46. The van der Waals surface area contributed by atoms with Crippen molar-refractivity contribution in [1.29, 1.82) is 5.26 Å². The van der Waals surface area contributed by atoms with Gasteiger partial charge in [0.05, 0.1) is 6.07 Å². The summed E-state index contributed by atoms with van der Waals surface area (Å²) >= 11 is 0. The van der Waals surface area contributed by atoms with Gasteiger partial charge in [-0.2, -0.15) is 5.26 Å². The molecule has 18 heavy (non-hydrogen) atoms. The zero-order valence-corrected chi connectivity index (χ0v) is 11.2. The van der Waals surface area contributed by atoms with E-state index in [1.165, 1.54) is 0 Å². The van der Waals surface area contributed by atoms with E-state index >= 15 is 0 Å².